The van der Waals surface area contributed by atoms with Gasteiger partial charge in [-0.3, -0.25) is 4.40 Å². The average Bonchev–Trinajstić information content (AvgIpc) is 3.18. The number of nitrogens with one attached hydrogen (secondary N) is 1. The number of aromatic nitrogens is 2. The fourth-order valence-electron chi connectivity index (χ4n) is 4.29. The summed E-state index contributed by atoms with van der Waals surface area (Å²) in [6.45, 7) is 6.27. The molecule has 0 spiro atoms. The van der Waals surface area contributed by atoms with E-state index in [-0.39, 0.29) is 0 Å². The van der Waals surface area contributed by atoms with Crippen LogP contribution in [0.2, 0.25) is 0 Å². The van der Waals surface area contributed by atoms with E-state index in [1.165, 1.54) is 16.7 Å². The molecule has 5 aromatic rings. The number of pyridine rings is 1. The van der Waals surface area contributed by atoms with E-state index in [0.29, 0.717) is 11.2 Å². The molecule has 4 heteroatoms. The van der Waals surface area contributed by atoms with Crippen LogP contribution in [-0.4, -0.2) is 9.38 Å². The molecule has 0 aliphatic rings. The van der Waals surface area contributed by atoms with Gasteiger partial charge in [-0.25, -0.2) is 4.98 Å². The standard InChI is InChI=1S/C28H24N4/c1-18-13-14-22(15-19(18)2)30-27-23(16-21-9-5-4-6-10-21)20(3)24(17-29)28-31-25-11-7-8-12-26(25)32(27)28/h4-15,30H,16H2,1-3H3. The molecule has 32 heavy (non-hydrogen) atoms. The maximum absolute atomic E-state index is 10.1. The van der Waals surface area contributed by atoms with Gasteiger partial charge in [-0.05, 0) is 67.3 Å². The molecular weight excluding hydrogens is 392 g/mol. The zero-order chi connectivity index (χ0) is 22.2. The number of rotatable bonds is 4. The average molecular weight is 417 g/mol. The van der Waals surface area contributed by atoms with Gasteiger partial charge >= 0.3 is 0 Å². The van der Waals surface area contributed by atoms with Gasteiger partial charge in [0.2, 0.25) is 0 Å². The summed E-state index contributed by atoms with van der Waals surface area (Å²) in [5.74, 6) is 0.956. The highest BCUT2D eigenvalue weighted by molar-refractivity contribution is 5.87. The summed E-state index contributed by atoms with van der Waals surface area (Å²) < 4.78 is 2.11. The smallest absolute Gasteiger partial charge is 0.157 e. The molecule has 0 saturated carbocycles. The van der Waals surface area contributed by atoms with Gasteiger partial charge in [0.15, 0.2) is 5.65 Å². The number of hydrogen-bond donors (Lipinski definition) is 1. The second kappa shape index (κ2) is 7.86. The highest BCUT2D eigenvalue weighted by atomic mass is 15.1. The Morgan fingerprint density at radius 3 is 2.41 bits per heavy atom. The minimum atomic E-state index is 0.623. The largest absolute Gasteiger partial charge is 0.341 e. The van der Waals surface area contributed by atoms with Crippen molar-refractivity contribution in [2.45, 2.75) is 27.2 Å². The van der Waals surface area contributed by atoms with Crippen LogP contribution < -0.4 is 5.32 Å². The van der Waals surface area contributed by atoms with Crippen molar-refractivity contribution in [3.8, 4) is 6.07 Å². The first kappa shape index (κ1) is 19.8. The van der Waals surface area contributed by atoms with Crippen molar-refractivity contribution in [3.05, 3.63) is 106 Å². The number of benzene rings is 3. The number of fused-ring (bicyclic) bond motifs is 3. The second-order valence-corrected chi connectivity index (χ2v) is 8.28. The Bertz CT molecular complexity index is 1500. The first-order valence-electron chi connectivity index (χ1n) is 10.8. The number of nitriles is 1. The van der Waals surface area contributed by atoms with Crippen molar-refractivity contribution in [1.29, 1.82) is 5.26 Å². The molecule has 0 saturated heterocycles. The van der Waals surface area contributed by atoms with Crippen molar-refractivity contribution in [1.82, 2.24) is 9.38 Å². The lowest BCUT2D eigenvalue weighted by molar-refractivity contribution is 1.08. The van der Waals surface area contributed by atoms with Crippen molar-refractivity contribution in [3.63, 3.8) is 0 Å². The van der Waals surface area contributed by atoms with Gasteiger partial charge in [-0.15, -0.1) is 0 Å². The summed E-state index contributed by atoms with van der Waals surface area (Å²) in [4.78, 5) is 4.83. The first-order valence-corrected chi connectivity index (χ1v) is 10.8. The Kier molecular flexibility index (Phi) is 4.88. The predicted molar refractivity (Wildman–Crippen MR) is 131 cm³/mol. The van der Waals surface area contributed by atoms with Crippen LogP contribution in [0.3, 0.4) is 0 Å². The summed E-state index contributed by atoms with van der Waals surface area (Å²) in [6.07, 6.45) is 0.719. The number of hydrogen-bond acceptors (Lipinski definition) is 3. The Labute approximate surface area is 187 Å². The van der Waals surface area contributed by atoms with Gasteiger partial charge in [-0.1, -0.05) is 48.5 Å². The quantitative estimate of drug-likeness (QED) is 0.358. The Balaban J connectivity index is 1.83. The molecule has 0 aliphatic carbocycles. The molecule has 0 aliphatic heterocycles. The third-order valence-corrected chi connectivity index (χ3v) is 6.23. The van der Waals surface area contributed by atoms with Gasteiger partial charge in [0, 0.05) is 17.7 Å². The summed E-state index contributed by atoms with van der Waals surface area (Å²) >= 11 is 0. The summed E-state index contributed by atoms with van der Waals surface area (Å²) in [5.41, 5.74) is 9.95. The fraction of sp³-hybridized carbons (Fsp3) is 0.143. The van der Waals surface area contributed by atoms with E-state index < -0.39 is 0 Å². The minimum Gasteiger partial charge on any atom is -0.341 e. The molecule has 2 heterocycles. The highest BCUT2D eigenvalue weighted by Gasteiger charge is 2.21. The van der Waals surface area contributed by atoms with Crippen LogP contribution in [-0.2, 0) is 6.42 Å². The topological polar surface area (TPSA) is 53.1 Å². The monoisotopic (exact) mass is 416 g/mol. The highest BCUT2D eigenvalue weighted by Crippen LogP contribution is 2.34. The van der Waals surface area contributed by atoms with Gasteiger partial charge in [0.05, 0.1) is 16.6 Å². The van der Waals surface area contributed by atoms with Crippen LogP contribution >= 0.6 is 0 Å². The second-order valence-electron chi connectivity index (χ2n) is 8.28. The molecule has 2 aromatic heterocycles. The van der Waals surface area contributed by atoms with Crippen LogP contribution in [0.25, 0.3) is 16.7 Å². The lowest BCUT2D eigenvalue weighted by Gasteiger charge is -2.19. The lowest BCUT2D eigenvalue weighted by Crippen LogP contribution is -2.09. The molecule has 4 nitrogen and oxygen atoms in total. The molecule has 5 rings (SSSR count). The summed E-state index contributed by atoms with van der Waals surface area (Å²) in [6, 6.07) is 27.3. The molecule has 3 aromatic carbocycles. The first-order chi connectivity index (χ1) is 15.6. The van der Waals surface area contributed by atoms with Crippen molar-refractivity contribution in [2.24, 2.45) is 0 Å². The SMILES string of the molecule is Cc1ccc(Nc2c(Cc3ccccc3)c(C)c(C#N)c3nc4ccccc4n23)cc1C. The summed E-state index contributed by atoms with van der Waals surface area (Å²) in [5, 5.41) is 13.7. The van der Waals surface area contributed by atoms with Crippen LogP contribution in [0.1, 0.15) is 33.4 Å². The van der Waals surface area contributed by atoms with E-state index in [4.69, 9.17) is 4.98 Å². The zero-order valence-corrected chi connectivity index (χ0v) is 18.5. The maximum atomic E-state index is 10.1. The van der Waals surface area contributed by atoms with E-state index in [1.807, 2.05) is 31.2 Å². The molecule has 0 amide bonds. The third-order valence-electron chi connectivity index (χ3n) is 6.23. The Morgan fingerprint density at radius 1 is 0.906 bits per heavy atom. The molecule has 0 fully saturated rings. The van der Waals surface area contributed by atoms with Crippen LogP contribution in [0.5, 0.6) is 0 Å². The van der Waals surface area contributed by atoms with Crippen molar-refractivity contribution in [2.75, 3.05) is 5.32 Å². The Morgan fingerprint density at radius 2 is 1.66 bits per heavy atom. The number of imidazole rings is 1. The molecule has 0 atom stereocenters. The normalized spacial score (nSPS) is 11.1. The minimum absolute atomic E-state index is 0.623. The fourth-order valence-corrected chi connectivity index (χ4v) is 4.29. The number of aryl methyl sites for hydroxylation is 2. The van der Waals surface area contributed by atoms with E-state index in [0.717, 1.165) is 40.1 Å². The number of anilines is 2. The van der Waals surface area contributed by atoms with E-state index in [2.05, 4.69) is 78.2 Å². The zero-order valence-electron chi connectivity index (χ0n) is 18.5. The lowest BCUT2D eigenvalue weighted by atomic mass is 9.97. The predicted octanol–water partition coefficient (Wildman–Crippen LogP) is 6.62. The van der Waals surface area contributed by atoms with E-state index in [1.54, 1.807) is 0 Å². The number of nitrogens with zero attached hydrogens (tertiary/aromatic N) is 3. The van der Waals surface area contributed by atoms with Gasteiger partial charge in [0.25, 0.3) is 0 Å². The van der Waals surface area contributed by atoms with Crippen LogP contribution in [0.4, 0.5) is 11.5 Å². The number of para-hydroxylation sites is 2. The molecule has 0 bridgehead atoms. The van der Waals surface area contributed by atoms with Crippen molar-refractivity contribution < 1.29 is 0 Å². The molecular formula is C28H24N4. The molecule has 0 unspecified atom stereocenters. The van der Waals surface area contributed by atoms with Gasteiger partial charge in [-0.2, -0.15) is 5.26 Å². The van der Waals surface area contributed by atoms with Crippen LogP contribution in [0.15, 0.2) is 72.8 Å². The van der Waals surface area contributed by atoms with E-state index in [9.17, 15) is 5.26 Å². The molecule has 156 valence electrons. The van der Waals surface area contributed by atoms with Crippen LogP contribution in [0, 0.1) is 32.1 Å². The third kappa shape index (κ3) is 3.29. The van der Waals surface area contributed by atoms with Gasteiger partial charge in [0.1, 0.15) is 11.9 Å². The Hall–Kier alpha value is -4.10. The maximum Gasteiger partial charge on any atom is 0.157 e. The van der Waals surface area contributed by atoms with E-state index >= 15 is 0 Å². The summed E-state index contributed by atoms with van der Waals surface area (Å²) in [7, 11) is 0. The van der Waals surface area contributed by atoms with Crippen molar-refractivity contribution >= 4 is 28.2 Å². The molecule has 1 N–H and O–H groups in total. The molecule has 0 radical (unpaired) electrons. The van der Waals surface area contributed by atoms with Gasteiger partial charge < -0.3 is 5.32 Å².